The summed E-state index contributed by atoms with van der Waals surface area (Å²) in [5, 5.41) is 6.28. The van der Waals surface area contributed by atoms with Gasteiger partial charge >= 0.3 is 0 Å². The van der Waals surface area contributed by atoms with Gasteiger partial charge in [0.1, 0.15) is 12.1 Å². The third kappa shape index (κ3) is 4.91. The average Bonchev–Trinajstić information content (AvgIpc) is 3.15. The number of carbonyl (C=O) groups is 1. The van der Waals surface area contributed by atoms with Gasteiger partial charge in [0.15, 0.2) is 0 Å². The van der Waals surface area contributed by atoms with Gasteiger partial charge in [0.05, 0.1) is 62.9 Å². The molecule has 2 aromatic rings. The lowest BCUT2D eigenvalue weighted by atomic mass is 10.1. The molecule has 13 heteroatoms. The molecule has 3 heterocycles. The first kappa shape index (κ1) is 23.4. The lowest BCUT2D eigenvalue weighted by Crippen LogP contribution is -2.40. The molecule has 0 radical (unpaired) electrons. The lowest BCUT2D eigenvalue weighted by Gasteiger charge is -2.27. The summed E-state index contributed by atoms with van der Waals surface area (Å²) in [5.41, 5.74) is 0.919. The fraction of sp³-hybridized carbons (Fsp3) is 0.421. The molecule has 2 aliphatic rings. The summed E-state index contributed by atoms with van der Waals surface area (Å²) < 4.78 is 31.9. The summed E-state index contributed by atoms with van der Waals surface area (Å²) in [5.74, 6) is 0.238. The molecule has 0 bridgehead atoms. The van der Waals surface area contributed by atoms with Crippen molar-refractivity contribution in [1.29, 1.82) is 0 Å². The number of fused-ring (bicyclic) bond motifs is 1. The van der Waals surface area contributed by atoms with E-state index in [2.05, 4.69) is 25.3 Å². The van der Waals surface area contributed by atoms with E-state index in [1.165, 1.54) is 30.2 Å². The molecule has 0 spiro atoms. The predicted octanol–water partition coefficient (Wildman–Crippen LogP) is 3.57. The molecule has 3 N–H and O–H groups in total. The highest BCUT2D eigenvalue weighted by molar-refractivity contribution is 7.99. The maximum atomic E-state index is 13.1. The molecule has 1 aromatic heterocycles. The zero-order chi connectivity index (χ0) is 22.9. The number of ether oxygens (including phenoxy) is 1. The van der Waals surface area contributed by atoms with Gasteiger partial charge in [0.2, 0.25) is 15.9 Å². The van der Waals surface area contributed by atoms with E-state index in [0.29, 0.717) is 36.9 Å². The number of halogens is 2. The normalized spacial score (nSPS) is 18.0. The molecule has 1 atom stereocenters. The largest absolute Gasteiger partial charge is 0.377 e. The zero-order valence-corrected chi connectivity index (χ0v) is 20.2. The molecular formula is C19H21Cl2N5O4S2. The Morgan fingerprint density at radius 1 is 1.28 bits per heavy atom. The van der Waals surface area contributed by atoms with Gasteiger partial charge in [-0.3, -0.25) is 9.52 Å². The number of rotatable bonds is 8. The molecular weight excluding hydrogens is 497 g/mol. The minimum atomic E-state index is -3.56. The second-order valence-corrected chi connectivity index (χ2v) is 11.0. The van der Waals surface area contributed by atoms with Crippen LogP contribution in [0.2, 0.25) is 10.0 Å². The molecule has 0 saturated carbocycles. The van der Waals surface area contributed by atoms with E-state index in [1.807, 2.05) is 0 Å². The number of thioether (sulfide) groups is 1. The van der Waals surface area contributed by atoms with E-state index in [1.54, 1.807) is 6.92 Å². The number of amides is 1. The minimum absolute atomic E-state index is 0.0198. The average molecular weight is 518 g/mol. The highest BCUT2D eigenvalue weighted by Gasteiger charge is 2.35. The first-order chi connectivity index (χ1) is 15.3. The van der Waals surface area contributed by atoms with E-state index in [-0.39, 0.29) is 39.1 Å². The third-order valence-corrected chi connectivity index (χ3v) is 8.30. The Morgan fingerprint density at radius 3 is 2.75 bits per heavy atom. The van der Waals surface area contributed by atoms with Gasteiger partial charge in [-0.1, -0.05) is 30.1 Å². The van der Waals surface area contributed by atoms with Gasteiger partial charge in [-0.05, 0) is 18.6 Å². The van der Waals surface area contributed by atoms with Crippen molar-refractivity contribution >= 4 is 68.1 Å². The highest BCUT2D eigenvalue weighted by atomic mass is 35.5. The minimum Gasteiger partial charge on any atom is -0.377 e. The van der Waals surface area contributed by atoms with E-state index < -0.39 is 15.9 Å². The first-order valence-corrected chi connectivity index (χ1v) is 13.3. The maximum absolute atomic E-state index is 13.1. The quantitative estimate of drug-likeness (QED) is 0.485. The van der Waals surface area contributed by atoms with Crippen LogP contribution in [0.1, 0.15) is 25.0 Å². The molecule has 9 nitrogen and oxygen atoms in total. The van der Waals surface area contributed by atoms with E-state index in [0.717, 1.165) is 4.90 Å². The number of sulfonamides is 1. The molecule has 4 rings (SSSR count). The second-order valence-electron chi connectivity index (χ2n) is 7.37. The summed E-state index contributed by atoms with van der Waals surface area (Å²) in [6.45, 7) is 2.99. The number of carbonyl (C=O) groups excluding carboxylic acids is 1. The Labute approximate surface area is 200 Å². The van der Waals surface area contributed by atoms with Crippen molar-refractivity contribution in [2.24, 2.45) is 0 Å². The topological polar surface area (TPSA) is 122 Å². The molecule has 1 fully saturated rings. The van der Waals surface area contributed by atoms with Crippen LogP contribution >= 0.6 is 35.0 Å². The van der Waals surface area contributed by atoms with Crippen molar-refractivity contribution < 1.29 is 17.9 Å². The van der Waals surface area contributed by atoms with Crippen molar-refractivity contribution in [3.63, 3.8) is 0 Å². The second kappa shape index (κ2) is 9.60. The van der Waals surface area contributed by atoms with Crippen molar-refractivity contribution in [2.45, 2.75) is 30.2 Å². The summed E-state index contributed by atoms with van der Waals surface area (Å²) >= 11 is 14.2. The van der Waals surface area contributed by atoms with Crippen LogP contribution in [0.25, 0.3) is 0 Å². The smallest absolute Gasteiger partial charge is 0.234 e. The molecule has 0 aliphatic carbocycles. The predicted molar refractivity (Wildman–Crippen MR) is 127 cm³/mol. The van der Waals surface area contributed by atoms with Gasteiger partial charge in [0.25, 0.3) is 0 Å². The van der Waals surface area contributed by atoms with Crippen LogP contribution in [0, 0.1) is 0 Å². The maximum Gasteiger partial charge on any atom is 0.234 e. The molecule has 172 valence electrons. The summed E-state index contributed by atoms with van der Waals surface area (Å²) in [6, 6.07) is 3.14. The van der Waals surface area contributed by atoms with E-state index in [9.17, 15) is 13.2 Å². The number of benzene rings is 1. The lowest BCUT2D eigenvalue weighted by molar-refractivity contribution is -0.117. The van der Waals surface area contributed by atoms with Crippen molar-refractivity contribution in [3.05, 3.63) is 34.2 Å². The van der Waals surface area contributed by atoms with E-state index >= 15 is 0 Å². The summed E-state index contributed by atoms with van der Waals surface area (Å²) in [4.78, 5) is 22.6. The molecule has 1 unspecified atom stereocenters. The first-order valence-electron chi connectivity index (χ1n) is 9.90. The highest BCUT2D eigenvalue weighted by Crippen LogP contribution is 2.43. The molecule has 1 saturated heterocycles. The number of anilines is 3. The molecule has 1 amide bonds. The number of nitrogens with one attached hydrogen (secondary N) is 3. The van der Waals surface area contributed by atoms with Crippen LogP contribution in [-0.2, 0) is 19.6 Å². The van der Waals surface area contributed by atoms with Crippen LogP contribution < -0.4 is 15.4 Å². The SMILES string of the molecule is CCCS(=O)(=O)Nc1ccc(Cl)c(NC(=O)C2CSc3c(NC4COC4)ncnc32)c1Cl. The van der Waals surface area contributed by atoms with Gasteiger partial charge in [0, 0.05) is 5.75 Å². The molecule has 2 aliphatic heterocycles. The van der Waals surface area contributed by atoms with Crippen LogP contribution in [0.5, 0.6) is 0 Å². The van der Waals surface area contributed by atoms with Crippen LogP contribution in [0.4, 0.5) is 17.2 Å². The Morgan fingerprint density at radius 2 is 2.06 bits per heavy atom. The van der Waals surface area contributed by atoms with Gasteiger partial charge in [-0.2, -0.15) is 0 Å². The van der Waals surface area contributed by atoms with Gasteiger partial charge in [-0.15, -0.1) is 11.8 Å². The van der Waals surface area contributed by atoms with Crippen LogP contribution in [0.3, 0.4) is 0 Å². The van der Waals surface area contributed by atoms with Crippen LogP contribution in [0.15, 0.2) is 23.4 Å². The standard InChI is InChI=1S/C19H21Cl2N5O4S2/c1-2-5-32(28,29)26-13-4-3-12(20)16(14(13)21)25-19(27)11-8-31-17-15(11)22-9-23-18(17)24-10-6-30-7-10/h3-4,9-11,26H,2,5-8H2,1H3,(H,25,27)(H,22,23,24). The van der Waals surface area contributed by atoms with Crippen LogP contribution in [-0.4, -0.2) is 55.1 Å². The van der Waals surface area contributed by atoms with Gasteiger partial charge < -0.3 is 15.4 Å². The monoisotopic (exact) mass is 517 g/mol. The third-order valence-electron chi connectivity index (χ3n) is 4.93. The Hall–Kier alpha value is -1.79. The molecule has 32 heavy (non-hydrogen) atoms. The Balaban J connectivity index is 1.54. The van der Waals surface area contributed by atoms with Crippen molar-refractivity contribution in [1.82, 2.24) is 9.97 Å². The Bertz CT molecular complexity index is 1140. The molecule has 1 aromatic carbocycles. The fourth-order valence-electron chi connectivity index (χ4n) is 3.28. The zero-order valence-electron chi connectivity index (χ0n) is 17.0. The van der Waals surface area contributed by atoms with E-state index in [4.69, 9.17) is 27.9 Å². The summed E-state index contributed by atoms with van der Waals surface area (Å²) in [6.07, 6.45) is 1.88. The van der Waals surface area contributed by atoms with Crippen molar-refractivity contribution in [2.75, 3.05) is 40.1 Å². The number of hydrogen-bond donors (Lipinski definition) is 3. The number of nitrogens with zero attached hydrogens (tertiary/aromatic N) is 2. The number of hydrogen-bond acceptors (Lipinski definition) is 8. The summed E-state index contributed by atoms with van der Waals surface area (Å²) in [7, 11) is -3.56. The van der Waals surface area contributed by atoms with Gasteiger partial charge in [-0.25, -0.2) is 18.4 Å². The Kier molecular flexibility index (Phi) is 7.01. The fourth-order valence-corrected chi connectivity index (χ4v) is 6.23. The number of aromatic nitrogens is 2. The van der Waals surface area contributed by atoms with Crippen molar-refractivity contribution in [3.8, 4) is 0 Å².